The zero-order chi connectivity index (χ0) is 21.1. The van der Waals surface area contributed by atoms with Gasteiger partial charge in [0.1, 0.15) is 11.5 Å². The van der Waals surface area contributed by atoms with Gasteiger partial charge < -0.3 is 31.3 Å². The van der Waals surface area contributed by atoms with Gasteiger partial charge in [-0.25, -0.2) is 0 Å². The maximum atomic E-state index is 6.10. The molecule has 0 rings (SSSR count). The van der Waals surface area contributed by atoms with Gasteiger partial charge in [-0.05, 0) is 12.8 Å². The van der Waals surface area contributed by atoms with Crippen LogP contribution in [0.5, 0.6) is 0 Å². The van der Waals surface area contributed by atoms with E-state index in [-0.39, 0.29) is 11.1 Å². The Kier molecular flexibility index (Phi) is 12.6. The van der Waals surface area contributed by atoms with E-state index in [0.717, 1.165) is 25.7 Å². The summed E-state index contributed by atoms with van der Waals surface area (Å²) < 4.78 is 40.0. The van der Waals surface area contributed by atoms with Crippen molar-refractivity contribution >= 4 is 17.6 Å². The van der Waals surface area contributed by atoms with Crippen molar-refractivity contribution < 1.29 is 31.3 Å². The van der Waals surface area contributed by atoms with Crippen LogP contribution in [0, 0.1) is 0 Å². The van der Waals surface area contributed by atoms with Gasteiger partial charge in [0, 0.05) is 42.7 Å². The minimum Gasteiger partial charge on any atom is -0.467 e. The predicted molar refractivity (Wildman–Crippen MR) is 110 cm³/mol. The lowest BCUT2D eigenvalue weighted by molar-refractivity contribution is 0.0958. The number of hydrogen-bond donors (Lipinski definition) is 0. The monoisotopic (exact) mass is 422 g/mol. The molecular formula is C18H38O7Si2. The molecule has 0 aliphatic rings. The lowest BCUT2D eigenvalue weighted by atomic mass is 10.2. The summed E-state index contributed by atoms with van der Waals surface area (Å²) in [4.78, 5) is 0. The van der Waals surface area contributed by atoms with Gasteiger partial charge in [0.2, 0.25) is 0 Å². The van der Waals surface area contributed by atoms with Crippen molar-refractivity contribution in [3.63, 3.8) is 0 Å². The van der Waals surface area contributed by atoms with Gasteiger partial charge in [-0.3, -0.25) is 0 Å². The summed E-state index contributed by atoms with van der Waals surface area (Å²) in [6.07, 6.45) is 3.31. The Morgan fingerprint density at radius 2 is 0.889 bits per heavy atom. The van der Waals surface area contributed by atoms with Crippen LogP contribution in [0.15, 0.2) is 24.7 Å². The molecule has 7 nitrogen and oxygen atoms in total. The van der Waals surface area contributed by atoms with Crippen LogP contribution in [-0.4, -0.2) is 60.3 Å². The molecule has 0 saturated heterocycles. The third-order valence-corrected chi connectivity index (χ3v) is 11.1. The quantitative estimate of drug-likeness (QED) is 0.274. The molecule has 0 spiro atoms. The largest absolute Gasteiger partial charge is 0.511 e. The minimum absolute atomic E-state index is 0.217. The van der Waals surface area contributed by atoms with E-state index in [1.54, 1.807) is 42.7 Å². The first-order chi connectivity index (χ1) is 12.8. The van der Waals surface area contributed by atoms with Gasteiger partial charge in [-0.15, -0.1) is 0 Å². The number of ether oxygens (including phenoxy) is 1. The summed E-state index contributed by atoms with van der Waals surface area (Å²) in [6, 6.07) is 0. The molecule has 0 bridgehead atoms. The smallest absolute Gasteiger partial charge is 0.467 e. The van der Waals surface area contributed by atoms with Gasteiger partial charge in [0.25, 0.3) is 0 Å². The van der Waals surface area contributed by atoms with E-state index in [0.29, 0.717) is 11.5 Å². The molecule has 0 saturated carbocycles. The van der Waals surface area contributed by atoms with Gasteiger partial charge in [-0.1, -0.05) is 39.8 Å². The van der Waals surface area contributed by atoms with Gasteiger partial charge in [0.05, 0.1) is 11.1 Å². The third kappa shape index (κ3) is 6.23. The first-order valence-electron chi connectivity index (χ1n) is 9.18. The molecule has 0 aromatic carbocycles. The second kappa shape index (κ2) is 12.8. The highest BCUT2D eigenvalue weighted by Gasteiger charge is 2.52. The summed E-state index contributed by atoms with van der Waals surface area (Å²) in [7, 11) is 3.58. The molecule has 0 heterocycles. The highest BCUT2D eigenvalue weighted by atomic mass is 28.4. The van der Waals surface area contributed by atoms with Crippen molar-refractivity contribution in [2.24, 2.45) is 0 Å². The topological polar surface area (TPSA) is 64.6 Å². The molecule has 2 unspecified atom stereocenters. The third-order valence-electron chi connectivity index (χ3n) is 4.75. The van der Waals surface area contributed by atoms with Crippen LogP contribution in [-0.2, 0) is 31.3 Å². The maximum absolute atomic E-state index is 6.10. The average molecular weight is 423 g/mol. The first kappa shape index (κ1) is 26.5. The Morgan fingerprint density at radius 3 is 1.07 bits per heavy atom. The Bertz CT molecular complexity index is 394. The minimum atomic E-state index is -2.97. The van der Waals surface area contributed by atoms with E-state index in [1.165, 1.54) is 0 Å². The molecule has 0 aromatic heterocycles. The van der Waals surface area contributed by atoms with E-state index >= 15 is 0 Å². The Labute approximate surface area is 167 Å². The Balaban J connectivity index is 5.65. The van der Waals surface area contributed by atoms with Crippen molar-refractivity contribution in [1.29, 1.82) is 0 Å². The van der Waals surface area contributed by atoms with Crippen molar-refractivity contribution in [3.05, 3.63) is 24.7 Å². The second-order valence-electron chi connectivity index (χ2n) is 6.15. The van der Waals surface area contributed by atoms with Crippen LogP contribution in [0.3, 0.4) is 0 Å². The predicted octanol–water partition coefficient (Wildman–Crippen LogP) is 4.13. The molecular weight excluding hydrogens is 384 g/mol. The molecule has 160 valence electrons. The Morgan fingerprint density at radius 1 is 0.630 bits per heavy atom. The van der Waals surface area contributed by atoms with Crippen LogP contribution in [0.25, 0.3) is 0 Å². The van der Waals surface area contributed by atoms with Crippen LogP contribution in [0.1, 0.15) is 39.5 Å². The normalized spacial score (nSPS) is 14.7. The molecule has 0 aromatic rings. The summed E-state index contributed by atoms with van der Waals surface area (Å²) in [5.74, 6) is 1.01. The zero-order valence-corrected chi connectivity index (χ0v) is 20.3. The summed E-state index contributed by atoms with van der Waals surface area (Å²) in [5.41, 5.74) is -0.435. The standard InChI is InChI=1S/C18H38O7Si2/c1-11-13-17(26(19-5,20-6)21-7)15(3)25-16(4)18(14-12-2)27(22-8,23-9)24-10/h17-18H,3-4,11-14H2,1-2,5-10H3. The van der Waals surface area contributed by atoms with Gasteiger partial charge in [-0.2, -0.15) is 0 Å². The molecule has 0 fully saturated rings. The number of allylic oxidation sites excluding steroid dienone is 2. The molecule has 0 aliphatic heterocycles. The summed E-state index contributed by atoms with van der Waals surface area (Å²) in [5, 5.41) is 0. The molecule has 0 amide bonds. The van der Waals surface area contributed by atoms with E-state index in [4.69, 9.17) is 31.3 Å². The fraction of sp³-hybridized carbons (Fsp3) is 0.778. The fourth-order valence-corrected chi connectivity index (χ4v) is 8.21. The zero-order valence-electron chi connectivity index (χ0n) is 18.3. The van der Waals surface area contributed by atoms with Crippen LogP contribution < -0.4 is 0 Å². The maximum Gasteiger partial charge on any atom is 0.511 e. The molecule has 9 heteroatoms. The lowest BCUT2D eigenvalue weighted by Gasteiger charge is -2.36. The van der Waals surface area contributed by atoms with Crippen LogP contribution >= 0.6 is 0 Å². The van der Waals surface area contributed by atoms with E-state index < -0.39 is 17.6 Å². The van der Waals surface area contributed by atoms with Crippen molar-refractivity contribution in [2.75, 3.05) is 42.7 Å². The average Bonchev–Trinajstić information content (AvgIpc) is 2.69. The summed E-state index contributed by atoms with van der Waals surface area (Å²) in [6.45, 7) is 12.4. The van der Waals surface area contributed by atoms with Crippen molar-refractivity contribution in [2.45, 2.75) is 50.6 Å². The van der Waals surface area contributed by atoms with Crippen molar-refractivity contribution in [1.82, 2.24) is 0 Å². The molecule has 2 atom stereocenters. The number of rotatable bonds is 16. The van der Waals surface area contributed by atoms with Crippen LogP contribution in [0.2, 0.25) is 11.1 Å². The lowest BCUT2D eigenvalue weighted by Crippen LogP contribution is -2.49. The van der Waals surface area contributed by atoms with E-state index in [1.807, 2.05) is 0 Å². The highest BCUT2D eigenvalue weighted by molar-refractivity contribution is 6.63. The first-order valence-corrected chi connectivity index (χ1v) is 12.8. The van der Waals surface area contributed by atoms with E-state index in [9.17, 15) is 0 Å². The Hall–Kier alpha value is -0.526. The fourth-order valence-electron chi connectivity index (χ4n) is 3.31. The SMILES string of the molecule is C=C(OC(=C)C(CCC)[Si](OC)(OC)OC)C(CCC)[Si](OC)(OC)OC. The van der Waals surface area contributed by atoms with Crippen LogP contribution in [0.4, 0.5) is 0 Å². The molecule has 0 aliphatic carbocycles. The van der Waals surface area contributed by atoms with E-state index in [2.05, 4.69) is 27.0 Å². The van der Waals surface area contributed by atoms with Gasteiger partial charge >= 0.3 is 17.6 Å². The second-order valence-corrected chi connectivity index (χ2v) is 12.4. The highest BCUT2D eigenvalue weighted by Crippen LogP contribution is 2.41. The molecule has 27 heavy (non-hydrogen) atoms. The van der Waals surface area contributed by atoms with Gasteiger partial charge in [0.15, 0.2) is 0 Å². The molecule has 0 N–H and O–H groups in total. The number of hydrogen-bond acceptors (Lipinski definition) is 7. The molecule has 0 radical (unpaired) electrons. The summed E-state index contributed by atoms with van der Waals surface area (Å²) >= 11 is 0. The van der Waals surface area contributed by atoms with Crippen molar-refractivity contribution in [3.8, 4) is 0 Å².